The molecule has 1 heterocycles. The smallest absolute Gasteiger partial charge is 0.149 e. The molecule has 1 aliphatic heterocycles. The third-order valence-corrected chi connectivity index (χ3v) is 3.76. The van der Waals surface area contributed by atoms with Gasteiger partial charge in [-0.1, -0.05) is 48.0 Å². The molecule has 1 unspecified atom stereocenters. The van der Waals surface area contributed by atoms with Gasteiger partial charge in [-0.15, -0.1) is 0 Å². The average Bonchev–Trinajstić information content (AvgIpc) is 2.46. The number of hydrogen-bond donors (Lipinski definition) is 0. The van der Waals surface area contributed by atoms with Gasteiger partial charge >= 0.3 is 0 Å². The lowest BCUT2D eigenvalue weighted by molar-refractivity contribution is 0.131. The van der Waals surface area contributed by atoms with Crippen molar-refractivity contribution in [1.29, 1.82) is 0 Å². The van der Waals surface area contributed by atoms with Gasteiger partial charge in [0.15, 0.2) is 0 Å². The molecule has 0 saturated heterocycles. The highest BCUT2D eigenvalue weighted by Gasteiger charge is 2.23. The normalized spacial score (nSPS) is 17.1. The zero-order valence-electron chi connectivity index (χ0n) is 12.2. The topological polar surface area (TPSA) is 12.5 Å². The molecule has 0 amide bonds. The van der Waals surface area contributed by atoms with Crippen LogP contribution in [0.1, 0.15) is 22.8 Å². The van der Waals surface area contributed by atoms with Crippen molar-refractivity contribution in [3.05, 3.63) is 76.0 Å². The molecule has 1 atom stereocenters. The van der Waals surface area contributed by atoms with Crippen molar-refractivity contribution in [1.82, 2.24) is 4.90 Å². The van der Waals surface area contributed by atoms with E-state index < -0.39 is 0 Å². The van der Waals surface area contributed by atoms with E-state index >= 15 is 0 Å². The van der Waals surface area contributed by atoms with Crippen molar-refractivity contribution >= 4 is 17.7 Å². The number of ether oxygens (including phenoxy) is 1. The van der Waals surface area contributed by atoms with Crippen LogP contribution in [0.25, 0.3) is 6.08 Å². The number of halogens is 1. The van der Waals surface area contributed by atoms with Crippen LogP contribution < -0.4 is 0 Å². The lowest BCUT2D eigenvalue weighted by atomic mass is 9.94. The van der Waals surface area contributed by atoms with E-state index in [-0.39, 0.29) is 6.10 Å². The highest BCUT2D eigenvalue weighted by atomic mass is 35.5. The van der Waals surface area contributed by atoms with Crippen molar-refractivity contribution in [2.45, 2.75) is 6.10 Å². The Morgan fingerprint density at radius 1 is 1.05 bits per heavy atom. The third kappa shape index (κ3) is 3.12. The Balaban J connectivity index is 2.01. The molecule has 2 aromatic rings. The summed E-state index contributed by atoms with van der Waals surface area (Å²) in [6, 6.07) is 16.3. The average molecular weight is 300 g/mol. The molecule has 0 bridgehead atoms. The van der Waals surface area contributed by atoms with Gasteiger partial charge in [-0.05, 0) is 43.4 Å². The van der Waals surface area contributed by atoms with E-state index in [1.165, 1.54) is 11.1 Å². The molecular weight excluding hydrogens is 282 g/mol. The van der Waals surface area contributed by atoms with Gasteiger partial charge in [-0.3, -0.25) is 0 Å². The predicted octanol–water partition coefficient (Wildman–Crippen LogP) is 4.36. The molecule has 3 rings (SSSR count). The zero-order valence-corrected chi connectivity index (χ0v) is 13.0. The summed E-state index contributed by atoms with van der Waals surface area (Å²) < 4.78 is 6.23. The minimum atomic E-state index is -0.0709. The molecule has 0 fully saturated rings. The van der Waals surface area contributed by atoms with Crippen LogP contribution in [-0.2, 0) is 4.74 Å². The van der Waals surface area contributed by atoms with Crippen LogP contribution in [0.2, 0.25) is 5.02 Å². The summed E-state index contributed by atoms with van der Waals surface area (Å²) in [7, 11) is 4.09. The number of fused-ring (bicyclic) bond motifs is 1. The van der Waals surface area contributed by atoms with Crippen molar-refractivity contribution in [2.75, 3.05) is 20.6 Å². The fourth-order valence-electron chi connectivity index (χ4n) is 2.58. The van der Waals surface area contributed by atoms with Crippen LogP contribution in [0.3, 0.4) is 0 Å². The van der Waals surface area contributed by atoms with Gasteiger partial charge in [0.05, 0.1) is 6.54 Å². The maximum Gasteiger partial charge on any atom is 0.149 e. The quantitative estimate of drug-likeness (QED) is 0.835. The Morgan fingerprint density at radius 2 is 1.76 bits per heavy atom. The SMILES string of the molecule is CN(C)CC1=Cc2ccccc2C(c2ccc(Cl)cc2)O1. The second-order valence-electron chi connectivity index (χ2n) is 5.53. The fraction of sp³-hybridized carbons (Fsp3) is 0.222. The summed E-state index contributed by atoms with van der Waals surface area (Å²) in [6.07, 6.45) is 2.06. The van der Waals surface area contributed by atoms with Crippen LogP contribution >= 0.6 is 11.6 Å². The molecule has 0 aliphatic carbocycles. The van der Waals surface area contributed by atoms with E-state index in [0.717, 1.165) is 22.9 Å². The summed E-state index contributed by atoms with van der Waals surface area (Å²) >= 11 is 5.99. The molecule has 0 aromatic heterocycles. The first-order chi connectivity index (χ1) is 10.1. The fourth-order valence-corrected chi connectivity index (χ4v) is 2.71. The van der Waals surface area contributed by atoms with Crippen LogP contribution in [0.4, 0.5) is 0 Å². The number of benzene rings is 2. The highest BCUT2D eigenvalue weighted by molar-refractivity contribution is 6.30. The molecule has 1 aliphatic rings. The largest absolute Gasteiger partial charge is 0.484 e. The zero-order chi connectivity index (χ0) is 14.8. The lowest BCUT2D eigenvalue weighted by Gasteiger charge is -2.28. The Kier molecular flexibility index (Phi) is 4.00. The van der Waals surface area contributed by atoms with E-state index in [1.54, 1.807) is 0 Å². The lowest BCUT2D eigenvalue weighted by Crippen LogP contribution is -2.21. The summed E-state index contributed by atoms with van der Waals surface area (Å²) in [5.74, 6) is 0.985. The first-order valence-corrected chi connectivity index (χ1v) is 7.37. The van der Waals surface area contributed by atoms with Crippen molar-refractivity contribution in [3.63, 3.8) is 0 Å². The summed E-state index contributed by atoms with van der Waals surface area (Å²) in [5.41, 5.74) is 3.54. The summed E-state index contributed by atoms with van der Waals surface area (Å²) in [5, 5.41) is 0.743. The van der Waals surface area contributed by atoms with Crippen LogP contribution in [0, 0.1) is 0 Å². The maximum atomic E-state index is 6.23. The van der Waals surface area contributed by atoms with Gasteiger partial charge in [0, 0.05) is 10.6 Å². The number of hydrogen-bond acceptors (Lipinski definition) is 2. The number of rotatable bonds is 3. The molecule has 0 saturated carbocycles. The maximum absolute atomic E-state index is 6.23. The van der Waals surface area contributed by atoms with E-state index in [9.17, 15) is 0 Å². The van der Waals surface area contributed by atoms with Crippen LogP contribution in [0.15, 0.2) is 54.3 Å². The van der Waals surface area contributed by atoms with Crippen LogP contribution in [-0.4, -0.2) is 25.5 Å². The van der Waals surface area contributed by atoms with Gasteiger partial charge < -0.3 is 9.64 Å². The van der Waals surface area contributed by atoms with E-state index in [2.05, 4.69) is 35.2 Å². The van der Waals surface area contributed by atoms with Gasteiger partial charge in [0.25, 0.3) is 0 Å². The summed E-state index contributed by atoms with van der Waals surface area (Å²) in [6.45, 7) is 0.790. The van der Waals surface area contributed by atoms with E-state index in [0.29, 0.717) is 0 Å². The van der Waals surface area contributed by atoms with Crippen molar-refractivity contribution < 1.29 is 4.74 Å². The minimum absolute atomic E-state index is 0.0709. The van der Waals surface area contributed by atoms with E-state index in [1.807, 2.05) is 38.4 Å². The Morgan fingerprint density at radius 3 is 2.48 bits per heavy atom. The Hall–Kier alpha value is -1.77. The predicted molar refractivity (Wildman–Crippen MR) is 87.4 cm³/mol. The van der Waals surface area contributed by atoms with Gasteiger partial charge in [0.1, 0.15) is 11.9 Å². The van der Waals surface area contributed by atoms with E-state index in [4.69, 9.17) is 16.3 Å². The van der Waals surface area contributed by atoms with Crippen molar-refractivity contribution in [2.24, 2.45) is 0 Å². The minimum Gasteiger partial charge on any atom is -0.484 e. The Labute approximate surface area is 130 Å². The molecular formula is C18H18ClNO. The second kappa shape index (κ2) is 5.92. The third-order valence-electron chi connectivity index (χ3n) is 3.51. The molecule has 108 valence electrons. The van der Waals surface area contributed by atoms with Crippen LogP contribution in [0.5, 0.6) is 0 Å². The number of nitrogens with zero attached hydrogens (tertiary/aromatic N) is 1. The molecule has 21 heavy (non-hydrogen) atoms. The van der Waals surface area contributed by atoms with Gasteiger partial charge in [-0.2, -0.15) is 0 Å². The Bertz CT molecular complexity index is 661. The van der Waals surface area contributed by atoms with Gasteiger partial charge in [0.2, 0.25) is 0 Å². The molecule has 0 radical (unpaired) electrons. The van der Waals surface area contributed by atoms with Gasteiger partial charge in [-0.25, -0.2) is 0 Å². The molecule has 3 heteroatoms. The summed E-state index contributed by atoms with van der Waals surface area (Å²) in [4.78, 5) is 2.11. The monoisotopic (exact) mass is 299 g/mol. The molecule has 2 nitrogen and oxygen atoms in total. The number of likely N-dealkylation sites (N-methyl/N-ethyl adjacent to an activating group) is 1. The molecule has 2 aromatic carbocycles. The standard InChI is InChI=1S/C18H18ClNO/c1-20(2)12-16-11-14-5-3-4-6-17(14)18(21-16)13-7-9-15(19)10-8-13/h3-11,18H,12H2,1-2H3. The molecule has 0 N–H and O–H groups in total. The highest BCUT2D eigenvalue weighted by Crippen LogP contribution is 2.36. The van der Waals surface area contributed by atoms with Crippen molar-refractivity contribution in [3.8, 4) is 0 Å². The first-order valence-electron chi connectivity index (χ1n) is 7.00. The molecule has 0 spiro atoms. The second-order valence-corrected chi connectivity index (χ2v) is 5.96. The first kappa shape index (κ1) is 14.2.